The Kier molecular flexibility index (Phi) is 5.53. The predicted octanol–water partition coefficient (Wildman–Crippen LogP) is 0.907. The van der Waals surface area contributed by atoms with Gasteiger partial charge in [0.15, 0.2) is 5.03 Å². The number of ether oxygens (including phenoxy) is 2. The molecule has 0 bridgehead atoms. The highest BCUT2D eigenvalue weighted by molar-refractivity contribution is 7.89. The normalized spacial score (nSPS) is 11.4. The van der Waals surface area contributed by atoms with Gasteiger partial charge in [-0.25, -0.2) is 4.79 Å². The molecule has 1 aromatic heterocycles. The maximum atomic E-state index is 12.2. The minimum absolute atomic E-state index is 0.118. The Morgan fingerprint density at radius 3 is 2.71 bits per heavy atom. The molecule has 0 aliphatic heterocycles. The summed E-state index contributed by atoms with van der Waals surface area (Å²) in [5.41, 5.74) is 0.470. The van der Waals surface area contributed by atoms with Gasteiger partial charge in [0.25, 0.3) is 10.0 Å². The second-order valence-corrected chi connectivity index (χ2v) is 6.06. The number of esters is 1. The largest absolute Gasteiger partial charge is 0.497 e. The van der Waals surface area contributed by atoms with E-state index in [4.69, 9.17) is 9.47 Å². The number of H-pyrrole nitrogens is 1. The number of sulfonamides is 1. The van der Waals surface area contributed by atoms with Crippen LogP contribution in [0.2, 0.25) is 0 Å². The summed E-state index contributed by atoms with van der Waals surface area (Å²) in [5, 5.41) is 9.08. The molecule has 1 aromatic carbocycles. The summed E-state index contributed by atoms with van der Waals surface area (Å²) in [5.74, 6) is -0.116. The minimum atomic E-state index is -4.09. The molecule has 0 unspecified atom stereocenters. The minimum Gasteiger partial charge on any atom is -0.497 e. The molecule has 9 nitrogen and oxygen atoms in total. The van der Waals surface area contributed by atoms with E-state index < -0.39 is 21.0 Å². The quantitative estimate of drug-likeness (QED) is 0.434. The molecule has 24 heavy (non-hydrogen) atoms. The lowest BCUT2D eigenvalue weighted by molar-refractivity contribution is 0.0522. The number of carbonyl (C=O) groups is 1. The lowest BCUT2D eigenvalue weighted by atomic mass is 10.2. The van der Waals surface area contributed by atoms with Gasteiger partial charge in [-0.2, -0.15) is 23.4 Å². The van der Waals surface area contributed by atoms with Gasteiger partial charge in [0, 0.05) is 0 Å². The predicted molar refractivity (Wildman–Crippen MR) is 85.5 cm³/mol. The van der Waals surface area contributed by atoms with Crippen molar-refractivity contribution in [2.45, 2.75) is 11.9 Å². The van der Waals surface area contributed by atoms with Gasteiger partial charge in [0.05, 0.1) is 26.1 Å². The maximum Gasteiger partial charge on any atom is 0.342 e. The molecule has 2 N–H and O–H groups in total. The van der Waals surface area contributed by atoms with Crippen LogP contribution in [-0.2, 0) is 14.8 Å². The van der Waals surface area contributed by atoms with Gasteiger partial charge in [-0.1, -0.05) is 0 Å². The summed E-state index contributed by atoms with van der Waals surface area (Å²) in [6.45, 7) is 1.73. The van der Waals surface area contributed by atoms with Gasteiger partial charge < -0.3 is 9.47 Å². The number of aromatic amines is 1. The highest BCUT2D eigenvalue weighted by Crippen LogP contribution is 2.13. The first-order valence-corrected chi connectivity index (χ1v) is 8.35. The van der Waals surface area contributed by atoms with E-state index in [9.17, 15) is 13.2 Å². The van der Waals surface area contributed by atoms with Crippen LogP contribution >= 0.6 is 0 Å². The molecule has 0 saturated heterocycles. The van der Waals surface area contributed by atoms with E-state index in [2.05, 4.69) is 15.3 Å². The average Bonchev–Trinajstić information content (AvgIpc) is 3.06. The molecule has 0 fully saturated rings. The molecule has 0 spiro atoms. The summed E-state index contributed by atoms with van der Waals surface area (Å²) in [6, 6.07) is 6.83. The van der Waals surface area contributed by atoms with Crippen LogP contribution in [-0.4, -0.2) is 44.5 Å². The lowest BCUT2D eigenvalue weighted by Gasteiger charge is -2.04. The van der Waals surface area contributed by atoms with Crippen molar-refractivity contribution in [3.05, 3.63) is 41.6 Å². The zero-order chi connectivity index (χ0) is 17.6. The van der Waals surface area contributed by atoms with Crippen molar-refractivity contribution >= 4 is 22.2 Å². The Hall–Kier alpha value is -2.88. The second kappa shape index (κ2) is 7.59. The van der Waals surface area contributed by atoms with E-state index in [0.717, 1.165) is 6.20 Å². The fourth-order valence-corrected chi connectivity index (χ4v) is 2.62. The first-order valence-electron chi connectivity index (χ1n) is 6.87. The van der Waals surface area contributed by atoms with Crippen LogP contribution in [0.4, 0.5) is 0 Å². The summed E-state index contributed by atoms with van der Waals surface area (Å²) in [6.07, 6.45) is 2.40. The topological polar surface area (TPSA) is 123 Å². The fraction of sp³-hybridized carbons (Fsp3) is 0.214. The molecule has 0 radical (unpaired) electrons. The number of carbonyl (C=O) groups excluding carboxylic acids is 1. The zero-order valence-electron chi connectivity index (χ0n) is 13.0. The van der Waals surface area contributed by atoms with Crippen molar-refractivity contribution in [2.75, 3.05) is 13.7 Å². The molecule has 2 aromatic rings. The van der Waals surface area contributed by atoms with E-state index in [1.165, 1.54) is 6.21 Å². The average molecular weight is 352 g/mol. The van der Waals surface area contributed by atoms with E-state index in [-0.39, 0.29) is 12.2 Å². The number of benzene rings is 1. The Bertz CT molecular complexity index is 827. The molecule has 0 saturated carbocycles. The van der Waals surface area contributed by atoms with Gasteiger partial charge in [-0.05, 0) is 36.8 Å². The van der Waals surface area contributed by atoms with Gasteiger partial charge in [0.2, 0.25) is 0 Å². The summed E-state index contributed by atoms with van der Waals surface area (Å²) >= 11 is 0. The number of methoxy groups -OCH3 is 1. The first-order chi connectivity index (χ1) is 11.5. The highest BCUT2D eigenvalue weighted by atomic mass is 32.2. The third-order valence-corrected chi connectivity index (χ3v) is 4.07. The number of hydrazone groups is 1. The van der Waals surface area contributed by atoms with Crippen molar-refractivity contribution in [1.82, 2.24) is 15.0 Å². The monoisotopic (exact) mass is 352 g/mol. The fourth-order valence-electron chi connectivity index (χ4n) is 1.74. The van der Waals surface area contributed by atoms with Crippen LogP contribution in [0.15, 0.2) is 40.6 Å². The molecular formula is C14H16N4O5S. The Balaban J connectivity index is 2.12. The van der Waals surface area contributed by atoms with Gasteiger partial charge in [-0.3, -0.25) is 5.10 Å². The van der Waals surface area contributed by atoms with Crippen LogP contribution in [0.25, 0.3) is 0 Å². The van der Waals surface area contributed by atoms with Crippen LogP contribution in [0.3, 0.4) is 0 Å². The van der Waals surface area contributed by atoms with Crippen LogP contribution in [0.5, 0.6) is 5.75 Å². The molecule has 0 aliphatic carbocycles. The van der Waals surface area contributed by atoms with Crippen molar-refractivity contribution in [1.29, 1.82) is 0 Å². The first kappa shape index (κ1) is 17.5. The van der Waals surface area contributed by atoms with E-state index >= 15 is 0 Å². The second-order valence-electron chi connectivity index (χ2n) is 4.46. The van der Waals surface area contributed by atoms with Crippen LogP contribution < -0.4 is 9.57 Å². The van der Waals surface area contributed by atoms with Crippen molar-refractivity contribution in [3.8, 4) is 5.75 Å². The van der Waals surface area contributed by atoms with E-state index in [1.54, 1.807) is 38.3 Å². The van der Waals surface area contributed by atoms with Gasteiger partial charge in [0.1, 0.15) is 11.3 Å². The Labute approximate surface area is 138 Å². The summed E-state index contributed by atoms with van der Waals surface area (Å²) in [7, 11) is -2.54. The van der Waals surface area contributed by atoms with Crippen molar-refractivity contribution in [2.24, 2.45) is 5.10 Å². The molecule has 0 amide bonds. The highest BCUT2D eigenvalue weighted by Gasteiger charge is 2.25. The van der Waals surface area contributed by atoms with E-state index in [1.807, 2.05) is 4.83 Å². The molecule has 1 heterocycles. The van der Waals surface area contributed by atoms with Crippen LogP contribution in [0, 0.1) is 0 Å². The molecule has 0 aliphatic rings. The lowest BCUT2D eigenvalue weighted by Crippen LogP contribution is -2.21. The Morgan fingerprint density at radius 1 is 1.38 bits per heavy atom. The number of hydrogen-bond acceptors (Lipinski definition) is 7. The zero-order valence-corrected chi connectivity index (χ0v) is 13.8. The van der Waals surface area contributed by atoms with Crippen LogP contribution in [0.1, 0.15) is 22.8 Å². The molecular weight excluding hydrogens is 336 g/mol. The Morgan fingerprint density at radius 2 is 2.08 bits per heavy atom. The maximum absolute atomic E-state index is 12.2. The third-order valence-electron chi connectivity index (χ3n) is 2.87. The molecule has 128 valence electrons. The van der Waals surface area contributed by atoms with E-state index in [0.29, 0.717) is 11.3 Å². The number of aromatic nitrogens is 2. The van der Waals surface area contributed by atoms with Crippen molar-refractivity contribution < 1.29 is 22.7 Å². The summed E-state index contributed by atoms with van der Waals surface area (Å²) in [4.78, 5) is 13.7. The van der Waals surface area contributed by atoms with Crippen molar-refractivity contribution in [3.63, 3.8) is 0 Å². The SMILES string of the molecule is CCOC(=O)c1cn[nH]c1S(=O)(=O)N/N=C/c1ccc(OC)cc1. The standard InChI is InChI=1S/C14H16N4O5S/c1-3-23-14(19)12-9-15-17-13(12)24(20,21)18-16-8-10-4-6-11(22-2)7-5-10/h4-9,18H,3H2,1-2H3,(H,15,17)/b16-8+. The molecule has 0 atom stereocenters. The molecule has 2 rings (SSSR count). The van der Waals surface area contributed by atoms with Gasteiger partial charge >= 0.3 is 5.97 Å². The number of nitrogens with zero attached hydrogens (tertiary/aromatic N) is 2. The number of rotatable bonds is 7. The third kappa shape index (κ3) is 4.10. The number of nitrogens with one attached hydrogen (secondary N) is 2. The van der Waals surface area contributed by atoms with Gasteiger partial charge in [-0.15, -0.1) is 0 Å². The number of hydrogen-bond donors (Lipinski definition) is 2. The smallest absolute Gasteiger partial charge is 0.342 e. The summed E-state index contributed by atoms with van der Waals surface area (Å²) < 4.78 is 34.2. The molecule has 10 heteroatoms.